The standard InChI is InChI=1S/C21H27NO3Si/c1-21(2,3)26(17-10-6-4-7-11-17,18-12-8-5-9-13-18)25-15-14-22-16-19(22)20(23)24/h4-13,19H,14-16H2,1-3H3,(H,23,24)/t19-,22?/m1/s1. The third-order valence-corrected chi connectivity index (χ3v) is 10.2. The summed E-state index contributed by atoms with van der Waals surface area (Å²) in [5.74, 6) is -0.740. The van der Waals surface area contributed by atoms with Gasteiger partial charge in [0.15, 0.2) is 0 Å². The Labute approximate surface area is 156 Å². The van der Waals surface area contributed by atoms with Gasteiger partial charge in [0.25, 0.3) is 8.32 Å². The Morgan fingerprint density at radius 1 is 1.08 bits per heavy atom. The molecule has 5 heteroatoms. The Bertz CT molecular complexity index is 703. The van der Waals surface area contributed by atoms with Crippen LogP contribution in [0.5, 0.6) is 0 Å². The number of carbonyl (C=O) groups is 1. The first-order valence-electron chi connectivity index (χ1n) is 9.08. The highest BCUT2D eigenvalue weighted by Gasteiger charge is 2.50. The van der Waals surface area contributed by atoms with E-state index in [4.69, 9.17) is 9.53 Å². The van der Waals surface area contributed by atoms with Crippen LogP contribution in [0.2, 0.25) is 5.04 Å². The molecule has 0 saturated carbocycles. The minimum Gasteiger partial charge on any atom is -0.480 e. The van der Waals surface area contributed by atoms with Gasteiger partial charge in [-0.25, -0.2) is 0 Å². The molecule has 0 radical (unpaired) electrons. The van der Waals surface area contributed by atoms with Gasteiger partial charge in [-0.3, -0.25) is 9.69 Å². The summed E-state index contributed by atoms with van der Waals surface area (Å²) in [6.45, 7) is 8.56. The number of carboxylic acid groups (broad SMARTS) is 1. The molecule has 0 aliphatic carbocycles. The molecule has 0 bridgehead atoms. The molecular formula is C21H27NO3Si. The maximum absolute atomic E-state index is 11.1. The first-order valence-corrected chi connectivity index (χ1v) is 11.0. The Hall–Kier alpha value is -1.95. The van der Waals surface area contributed by atoms with Crippen molar-refractivity contribution in [2.24, 2.45) is 0 Å². The van der Waals surface area contributed by atoms with Crippen LogP contribution in [0.25, 0.3) is 0 Å². The second-order valence-corrected chi connectivity index (χ2v) is 12.2. The topological polar surface area (TPSA) is 49.5 Å². The van der Waals surface area contributed by atoms with Crippen molar-refractivity contribution >= 4 is 24.7 Å². The molecule has 2 atom stereocenters. The van der Waals surface area contributed by atoms with Gasteiger partial charge in [-0.05, 0) is 15.4 Å². The fourth-order valence-electron chi connectivity index (χ4n) is 3.73. The number of hydrogen-bond acceptors (Lipinski definition) is 3. The largest absolute Gasteiger partial charge is 0.480 e. The normalized spacial score (nSPS) is 20.0. The summed E-state index contributed by atoms with van der Waals surface area (Å²) in [4.78, 5) is 13.0. The zero-order valence-corrected chi connectivity index (χ0v) is 16.7. The second kappa shape index (κ2) is 7.35. The maximum atomic E-state index is 11.1. The van der Waals surface area contributed by atoms with Crippen LogP contribution in [-0.2, 0) is 9.22 Å². The fraction of sp³-hybridized carbons (Fsp3) is 0.381. The van der Waals surface area contributed by atoms with Gasteiger partial charge >= 0.3 is 5.97 Å². The van der Waals surface area contributed by atoms with Gasteiger partial charge in [-0.1, -0.05) is 81.4 Å². The van der Waals surface area contributed by atoms with Crippen LogP contribution in [0.4, 0.5) is 0 Å². The lowest BCUT2D eigenvalue weighted by Crippen LogP contribution is -2.66. The van der Waals surface area contributed by atoms with Gasteiger partial charge in [0.2, 0.25) is 0 Å². The summed E-state index contributed by atoms with van der Waals surface area (Å²) in [6.07, 6.45) is 0. The molecule has 2 aromatic carbocycles. The van der Waals surface area contributed by atoms with Gasteiger partial charge in [-0.15, -0.1) is 0 Å². The molecule has 4 nitrogen and oxygen atoms in total. The summed E-state index contributed by atoms with van der Waals surface area (Å²) < 4.78 is 6.75. The molecule has 0 aromatic heterocycles. The van der Waals surface area contributed by atoms with E-state index in [0.717, 1.165) is 0 Å². The molecule has 26 heavy (non-hydrogen) atoms. The number of nitrogens with zero attached hydrogens (tertiary/aromatic N) is 1. The Morgan fingerprint density at radius 2 is 1.58 bits per heavy atom. The summed E-state index contributed by atoms with van der Waals surface area (Å²) in [5.41, 5.74) is 0. The zero-order chi connectivity index (χ0) is 18.8. The van der Waals surface area contributed by atoms with Crippen molar-refractivity contribution in [1.29, 1.82) is 0 Å². The van der Waals surface area contributed by atoms with Crippen LogP contribution < -0.4 is 10.4 Å². The molecule has 0 spiro atoms. The highest BCUT2D eigenvalue weighted by atomic mass is 28.4. The van der Waals surface area contributed by atoms with E-state index in [1.165, 1.54) is 10.4 Å². The van der Waals surface area contributed by atoms with E-state index in [9.17, 15) is 4.79 Å². The molecule has 0 amide bonds. The van der Waals surface area contributed by atoms with Crippen molar-refractivity contribution in [3.05, 3.63) is 60.7 Å². The average molecular weight is 370 g/mol. The van der Waals surface area contributed by atoms with Gasteiger partial charge in [0.1, 0.15) is 6.04 Å². The molecule has 1 aliphatic rings. The third kappa shape index (κ3) is 3.61. The van der Waals surface area contributed by atoms with Crippen molar-refractivity contribution in [3.8, 4) is 0 Å². The van der Waals surface area contributed by atoms with Crippen LogP contribution in [0.15, 0.2) is 60.7 Å². The lowest BCUT2D eigenvalue weighted by Gasteiger charge is -2.43. The van der Waals surface area contributed by atoms with Crippen LogP contribution in [0.1, 0.15) is 20.8 Å². The van der Waals surface area contributed by atoms with Crippen LogP contribution in [0.3, 0.4) is 0 Å². The molecule has 1 heterocycles. The number of benzene rings is 2. The Kier molecular flexibility index (Phi) is 5.32. The molecule has 1 unspecified atom stereocenters. The number of carboxylic acids is 1. The van der Waals surface area contributed by atoms with Gasteiger partial charge < -0.3 is 9.53 Å². The van der Waals surface area contributed by atoms with E-state index in [1.54, 1.807) is 0 Å². The molecule has 1 fully saturated rings. The van der Waals surface area contributed by atoms with E-state index in [1.807, 2.05) is 17.0 Å². The van der Waals surface area contributed by atoms with Crippen molar-refractivity contribution in [2.75, 3.05) is 19.7 Å². The second-order valence-electron chi connectivity index (χ2n) is 7.86. The zero-order valence-electron chi connectivity index (χ0n) is 15.7. The van der Waals surface area contributed by atoms with E-state index in [0.29, 0.717) is 19.7 Å². The summed E-state index contributed by atoms with van der Waals surface area (Å²) in [5, 5.41) is 11.5. The molecule has 1 N–H and O–H groups in total. The first kappa shape index (κ1) is 18.8. The molecule has 1 aliphatic heterocycles. The highest BCUT2D eigenvalue weighted by molar-refractivity contribution is 6.99. The minimum atomic E-state index is -2.51. The molecular weight excluding hydrogens is 342 g/mol. The van der Waals surface area contributed by atoms with Crippen LogP contribution in [0, 0.1) is 0 Å². The lowest BCUT2D eigenvalue weighted by atomic mass is 10.2. The summed E-state index contributed by atoms with van der Waals surface area (Å²) in [7, 11) is -2.51. The van der Waals surface area contributed by atoms with E-state index < -0.39 is 14.3 Å². The molecule has 138 valence electrons. The molecule has 2 aromatic rings. The molecule has 3 rings (SSSR count). The third-order valence-electron chi connectivity index (χ3n) is 5.11. The first-order chi connectivity index (χ1) is 12.4. The average Bonchev–Trinajstić information content (AvgIpc) is 3.39. The minimum absolute atomic E-state index is 0.0548. The van der Waals surface area contributed by atoms with Crippen molar-refractivity contribution in [3.63, 3.8) is 0 Å². The Morgan fingerprint density at radius 3 is 1.96 bits per heavy atom. The number of aliphatic carboxylic acids is 1. The van der Waals surface area contributed by atoms with Crippen LogP contribution >= 0.6 is 0 Å². The predicted octanol–water partition coefficient (Wildman–Crippen LogP) is 2.33. The van der Waals surface area contributed by atoms with Crippen LogP contribution in [-0.4, -0.2) is 50.0 Å². The smallest absolute Gasteiger partial charge is 0.322 e. The van der Waals surface area contributed by atoms with Gasteiger partial charge in [0.05, 0.1) is 0 Å². The van der Waals surface area contributed by atoms with Crippen molar-refractivity contribution < 1.29 is 14.3 Å². The summed E-state index contributed by atoms with van der Waals surface area (Å²) >= 11 is 0. The van der Waals surface area contributed by atoms with Gasteiger partial charge in [0, 0.05) is 19.7 Å². The lowest BCUT2D eigenvalue weighted by molar-refractivity contribution is -0.137. The predicted molar refractivity (Wildman–Crippen MR) is 107 cm³/mol. The van der Waals surface area contributed by atoms with E-state index in [2.05, 4.69) is 69.3 Å². The molecule has 1 saturated heterocycles. The van der Waals surface area contributed by atoms with Crippen molar-refractivity contribution in [1.82, 2.24) is 4.90 Å². The van der Waals surface area contributed by atoms with E-state index in [-0.39, 0.29) is 11.1 Å². The highest BCUT2D eigenvalue weighted by Crippen LogP contribution is 2.36. The monoisotopic (exact) mass is 369 g/mol. The van der Waals surface area contributed by atoms with Gasteiger partial charge in [-0.2, -0.15) is 0 Å². The summed E-state index contributed by atoms with van der Waals surface area (Å²) in [6, 6.07) is 20.7. The maximum Gasteiger partial charge on any atom is 0.322 e. The van der Waals surface area contributed by atoms with Crippen molar-refractivity contribution in [2.45, 2.75) is 31.9 Å². The number of rotatable bonds is 7. The Balaban J connectivity index is 1.92. The SMILES string of the molecule is CC(C)(C)[Si](OCCN1C[C@@H]1C(=O)O)(c1ccccc1)c1ccccc1. The number of hydrogen-bond donors (Lipinski definition) is 1. The fourth-order valence-corrected chi connectivity index (χ4v) is 8.29. The van der Waals surface area contributed by atoms with E-state index >= 15 is 0 Å². The quantitative estimate of drug-likeness (QED) is 0.601.